The Bertz CT molecular complexity index is 257. The quantitative estimate of drug-likeness (QED) is 0.676. The van der Waals surface area contributed by atoms with Crippen LogP contribution in [-0.4, -0.2) is 11.1 Å². The highest BCUT2D eigenvalue weighted by Crippen LogP contribution is 2.68. The Morgan fingerprint density at radius 3 is 2.23 bits per heavy atom. The molecule has 0 aromatic heterocycles. The van der Waals surface area contributed by atoms with E-state index in [4.69, 9.17) is 5.11 Å². The van der Waals surface area contributed by atoms with Gasteiger partial charge in [-0.2, -0.15) is 0 Å². The molecule has 1 N–H and O–H groups in total. The molecule has 0 radical (unpaired) electrons. The molecule has 2 fully saturated rings. The van der Waals surface area contributed by atoms with Crippen molar-refractivity contribution in [1.29, 1.82) is 0 Å². The van der Waals surface area contributed by atoms with Crippen LogP contribution in [0.5, 0.6) is 0 Å². The van der Waals surface area contributed by atoms with E-state index in [9.17, 15) is 4.79 Å². The molecule has 0 aromatic rings. The third kappa shape index (κ3) is 0.866. The van der Waals surface area contributed by atoms with Crippen LogP contribution in [0.4, 0.5) is 0 Å². The van der Waals surface area contributed by atoms with Crippen LogP contribution in [0.1, 0.15) is 40.0 Å². The largest absolute Gasteiger partial charge is 0.481 e. The van der Waals surface area contributed by atoms with Crippen molar-refractivity contribution in [3.05, 3.63) is 0 Å². The zero-order valence-corrected chi connectivity index (χ0v) is 8.63. The van der Waals surface area contributed by atoms with E-state index in [1.54, 1.807) is 0 Å². The van der Waals surface area contributed by atoms with Gasteiger partial charge in [-0.1, -0.05) is 20.8 Å². The van der Waals surface area contributed by atoms with Crippen molar-refractivity contribution in [3.8, 4) is 0 Å². The molecule has 1 unspecified atom stereocenters. The Morgan fingerprint density at radius 2 is 2.00 bits per heavy atom. The molecule has 2 saturated carbocycles. The van der Waals surface area contributed by atoms with Crippen LogP contribution >= 0.6 is 0 Å². The van der Waals surface area contributed by atoms with Crippen molar-refractivity contribution >= 4 is 5.97 Å². The highest BCUT2D eigenvalue weighted by Gasteiger charge is 2.63. The molecule has 2 heteroatoms. The van der Waals surface area contributed by atoms with Crippen LogP contribution in [0.3, 0.4) is 0 Å². The summed E-state index contributed by atoms with van der Waals surface area (Å²) in [4.78, 5) is 11.1. The lowest BCUT2D eigenvalue weighted by Crippen LogP contribution is -2.36. The maximum Gasteiger partial charge on any atom is 0.307 e. The summed E-state index contributed by atoms with van der Waals surface area (Å²) in [5.41, 5.74) is 0.277. The molecule has 2 aliphatic carbocycles. The smallest absolute Gasteiger partial charge is 0.307 e. The number of hydrogen-bond donors (Lipinski definition) is 1. The lowest BCUT2D eigenvalue weighted by Gasteiger charge is -2.37. The summed E-state index contributed by atoms with van der Waals surface area (Å²) in [7, 11) is 0. The van der Waals surface area contributed by atoms with Crippen molar-refractivity contribution < 1.29 is 9.90 Å². The zero-order chi connectivity index (χ0) is 9.85. The summed E-state index contributed by atoms with van der Waals surface area (Å²) in [5, 5.41) is 9.13. The fourth-order valence-electron chi connectivity index (χ4n) is 3.58. The summed E-state index contributed by atoms with van der Waals surface area (Å²) in [6.45, 7) is 6.65. The molecule has 0 aliphatic heterocycles. The number of carbonyl (C=O) groups is 1. The first kappa shape index (κ1) is 9.04. The van der Waals surface area contributed by atoms with E-state index in [2.05, 4.69) is 20.8 Å². The first-order chi connectivity index (χ1) is 5.89. The number of carboxylic acids is 1. The minimum atomic E-state index is -0.585. The molecule has 0 amide bonds. The van der Waals surface area contributed by atoms with Gasteiger partial charge in [-0.3, -0.25) is 4.79 Å². The number of rotatable bonds is 1. The SMILES string of the molecule is CC1(C)C2CC[C@]1(C)[C@@H](C(=O)O)C2. The Hall–Kier alpha value is -0.530. The zero-order valence-electron chi connectivity index (χ0n) is 8.63. The molecule has 0 spiro atoms. The van der Waals surface area contributed by atoms with Gasteiger partial charge in [0.15, 0.2) is 0 Å². The van der Waals surface area contributed by atoms with Gasteiger partial charge >= 0.3 is 5.97 Å². The van der Waals surface area contributed by atoms with Gasteiger partial charge in [0.1, 0.15) is 0 Å². The molecular weight excluding hydrogens is 164 g/mol. The van der Waals surface area contributed by atoms with Crippen molar-refractivity contribution in [2.75, 3.05) is 0 Å². The van der Waals surface area contributed by atoms with E-state index >= 15 is 0 Å². The average molecular weight is 182 g/mol. The summed E-state index contributed by atoms with van der Waals surface area (Å²) in [5.74, 6) is -0.0439. The van der Waals surface area contributed by atoms with E-state index in [1.807, 2.05) is 0 Å². The van der Waals surface area contributed by atoms with E-state index in [0.717, 1.165) is 12.8 Å². The van der Waals surface area contributed by atoms with Gasteiger partial charge in [0.2, 0.25) is 0 Å². The summed E-state index contributed by atoms with van der Waals surface area (Å²) in [6.07, 6.45) is 3.23. The number of aliphatic carboxylic acids is 1. The maximum atomic E-state index is 11.1. The van der Waals surface area contributed by atoms with E-state index in [1.165, 1.54) is 6.42 Å². The van der Waals surface area contributed by atoms with Crippen LogP contribution in [0.2, 0.25) is 0 Å². The predicted molar refractivity (Wildman–Crippen MR) is 50.4 cm³/mol. The van der Waals surface area contributed by atoms with E-state index in [-0.39, 0.29) is 16.7 Å². The normalized spacial score (nSPS) is 46.7. The molecular formula is C11H18O2. The van der Waals surface area contributed by atoms with Crippen molar-refractivity contribution in [1.82, 2.24) is 0 Å². The summed E-state index contributed by atoms with van der Waals surface area (Å²) in [6, 6.07) is 0. The second kappa shape index (κ2) is 2.28. The molecule has 0 saturated heterocycles. The van der Waals surface area contributed by atoms with Gasteiger partial charge in [0.25, 0.3) is 0 Å². The van der Waals surface area contributed by atoms with Gasteiger partial charge < -0.3 is 5.11 Å². The van der Waals surface area contributed by atoms with Gasteiger partial charge in [0, 0.05) is 0 Å². The Kier molecular flexibility index (Phi) is 1.59. The van der Waals surface area contributed by atoms with Crippen LogP contribution in [0.15, 0.2) is 0 Å². The van der Waals surface area contributed by atoms with E-state index in [0.29, 0.717) is 5.92 Å². The third-order valence-corrected chi connectivity index (χ3v) is 5.09. The molecule has 2 bridgehead atoms. The fourth-order valence-corrected chi connectivity index (χ4v) is 3.58. The van der Waals surface area contributed by atoms with Crippen molar-refractivity contribution in [2.45, 2.75) is 40.0 Å². The molecule has 74 valence electrons. The highest BCUT2D eigenvalue weighted by atomic mass is 16.4. The van der Waals surface area contributed by atoms with Crippen LogP contribution in [0.25, 0.3) is 0 Å². The van der Waals surface area contributed by atoms with Crippen molar-refractivity contribution in [3.63, 3.8) is 0 Å². The van der Waals surface area contributed by atoms with Crippen LogP contribution in [-0.2, 0) is 4.79 Å². The minimum absolute atomic E-state index is 0.0451. The first-order valence-electron chi connectivity index (χ1n) is 5.12. The molecule has 13 heavy (non-hydrogen) atoms. The monoisotopic (exact) mass is 182 g/mol. The summed E-state index contributed by atoms with van der Waals surface area (Å²) < 4.78 is 0. The summed E-state index contributed by atoms with van der Waals surface area (Å²) >= 11 is 0. The van der Waals surface area contributed by atoms with Gasteiger partial charge in [0.05, 0.1) is 5.92 Å². The number of hydrogen-bond acceptors (Lipinski definition) is 1. The van der Waals surface area contributed by atoms with Crippen molar-refractivity contribution in [2.24, 2.45) is 22.7 Å². The molecule has 3 atom stereocenters. The Balaban J connectivity index is 2.38. The third-order valence-electron chi connectivity index (χ3n) is 5.09. The van der Waals surface area contributed by atoms with E-state index < -0.39 is 5.97 Å². The minimum Gasteiger partial charge on any atom is -0.481 e. The molecule has 0 aromatic carbocycles. The predicted octanol–water partition coefficient (Wildman–Crippen LogP) is 2.53. The maximum absolute atomic E-state index is 11.1. The highest BCUT2D eigenvalue weighted by molar-refractivity contribution is 5.72. The lowest BCUT2D eigenvalue weighted by atomic mass is 9.67. The molecule has 2 aliphatic rings. The van der Waals surface area contributed by atoms with Crippen LogP contribution < -0.4 is 0 Å². The first-order valence-corrected chi connectivity index (χ1v) is 5.12. The Morgan fingerprint density at radius 1 is 1.38 bits per heavy atom. The molecule has 2 rings (SSSR count). The average Bonchev–Trinajstić information content (AvgIpc) is 2.34. The standard InChI is InChI=1S/C11H18O2/c1-10(2)7-4-5-11(10,3)8(6-7)9(12)13/h7-8H,4-6H2,1-3H3,(H,12,13)/t7?,8-,11-/m1/s1. The number of fused-ring (bicyclic) bond motifs is 2. The lowest BCUT2D eigenvalue weighted by molar-refractivity contribution is -0.147. The van der Waals surface area contributed by atoms with Gasteiger partial charge in [-0.15, -0.1) is 0 Å². The Labute approximate surface area is 79.3 Å². The molecule has 0 heterocycles. The van der Waals surface area contributed by atoms with Crippen LogP contribution in [0, 0.1) is 22.7 Å². The second-order valence-corrected chi connectivity index (χ2v) is 5.50. The fraction of sp³-hybridized carbons (Fsp3) is 0.909. The van der Waals surface area contributed by atoms with Gasteiger partial charge in [-0.05, 0) is 36.0 Å². The molecule has 2 nitrogen and oxygen atoms in total. The second-order valence-electron chi connectivity index (χ2n) is 5.50. The topological polar surface area (TPSA) is 37.3 Å². The number of carboxylic acid groups (broad SMARTS) is 1. The van der Waals surface area contributed by atoms with Gasteiger partial charge in [-0.25, -0.2) is 0 Å².